The molecule has 2 rings (SSSR count). The van der Waals surface area contributed by atoms with E-state index in [-0.39, 0.29) is 34.4 Å². The number of halogens is 4. The molecular formula is C19H16ClF3N2O7. The van der Waals surface area contributed by atoms with Crippen molar-refractivity contribution < 1.29 is 42.3 Å². The normalized spacial score (nSPS) is 12.9. The standard InChI is InChI=1S/C19H16ClF3N2O7/c1-10(18(26)27)32-24-15(9-30-2)13-8-12(4-5-16(13)25(28)29)31-17-6-3-11(7-14(17)20)19(21,22)23/h3-8,10H,9H2,1-2H3,(H,26,27)/b24-15-. The van der Waals surface area contributed by atoms with Gasteiger partial charge in [0, 0.05) is 13.2 Å². The van der Waals surface area contributed by atoms with Gasteiger partial charge in [0.15, 0.2) is 0 Å². The molecule has 0 amide bonds. The van der Waals surface area contributed by atoms with Crippen LogP contribution in [0.3, 0.4) is 0 Å². The van der Waals surface area contributed by atoms with E-state index in [2.05, 4.69) is 5.16 Å². The molecule has 13 heteroatoms. The van der Waals surface area contributed by atoms with Crippen LogP contribution in [-0.2, 0) is 20.5 Å². The predicted molar refractivity (Wildman–Crippen MR) is 106 cm³/mol. The summed E-state index contributed by atoms with van der Waals surface area (Å²) in [5.41, 5.74) is -1.62. The first-order valence-electron chi connectivity index (χ1n) is 8.72. The van der Waals surface area contributed by atoms with Crippen LogP contribution < -0.4 is 4.74 Å². The number of carboxylic acids is 1. The Morgan fingerprint density at radius 3 is 2.50 bits per heavy atom. The summed E-state index contributed by atoms with van der Waals surface area (Å²) in [6.45, 7) is 0.925. The Hall–Kier alpha value is -3.38. The number of hydrogen-bond donors (Lipinski definition) is 1. The largest absolute Gasteiger partial charge is 0.478 e. The lowest BCUT2D eigenvalue weighted by atomic mass is 10.1. The topological polar surface area (TPSA) is 120 Å². The molecule has 0 saturated heterocycles. The number of ether oxygens (including phenoxy) is 2. The van der Waals surface area contributed by atoms with E-state index in [0.717, 1.165) is 18.2 Å². The van der Waals surface area contributed by atoms with Gasteiger partial charge in [0.05, 0.1) is 27.7 Å². The Balaban J connectivity index is 2.45. The number of carboxylic acid groups (broad SMARTS) is 1. The highest BCUT2D eigenvalue weighted by Crippen LogP contribution is 2.37. The van der Waals surface area contributed by atoms with Crippen molar-refractivity contribution in [1.82, 2.24) is 0 Å². The number of carbonyl (C=O) groups is 1. The second-order valence-corrected chi connectivity index (χ2v) is 6.65. The minimum atomic E-state index is -4.60. The Kier molecular flexibility index (Phi) is 8.00. The minimum Gasteiger partial charge on any atom is -0.478 e. The highest BCUT2D eigenvalue weighted by atomic mass is 35.5. The second-order valence-electron chi connectivity index (χ2n) is 6.24. The number of aliphatic carboxylic acids is 1. The molecule has 0 heterocycles. The second kappa shape index (κ2) is 10.3. The first-order valence-corrected chi connectivity index (χ1v) is 9.09. The summed E-state index contributed by atoms with van der Waals surface area (Å²) < 4.78 is 48.9. The number of oxime groups is 1. The molecule has 9 nitrogen and oxygen atoms in total. The van der Waals surface area contributed by atoms with Gasteiger partial charge in [0.2, 0.25) is 6.10 Å². The average molecular weight is 477 g/mol. The predicted octanol–water partition coefficient (Wildman–Crippen LogP) is 4.90. The Morgan fingerprint density at radius 1 is 1.28 bits per heavy atom. The van der Waals surface area contributed by atoms with Gasteiger partial charge in [0.25, 0.3) is 5.69 Å². The fourth-order valence-electron chi connectivity index (χ4n) is 2.33. The van der Waals surface area contributed by atoms with E-state index in [0.29, 0.717) is 6.07 Å². The van der Waals surface area contributed by atoms with Crippen LogP contribution in [0, 0.1) is 10.1 Å². The van der Waals surface area contributed by atoms with Gasteiger partial charge >= 0.3 is 12.1 Å². The zero-order valence-electron chi connectivity index (χ0n) is 16.6. The number of methoxy groups -OCH3 is 1. The molecular weight excluding hydrogens is 461 g/mol. The number of benzene rings is 2. The Bertz CT molecular complexity index is 1040. The summed E-state index contributed by atoms with van der Waals surface area (Å²) >= 11 is 5.88. The van der Waals surface area contributed by atoms with Gasteiger partial charge in [-0.05, 0) is 37.3 Å². The third-order valence-electron chi connectivity index (χ3n) is 3.91. The lowest BCUT2D eigenvalue weighted by molar-refractivity contribution is -0.385. The van der Waals surface area contributed by atoms with Crippen LogP contribution in [0.5, 0.6) is 11.5 Å². The van der Waals surface area contributed by atoms with E-state index in [1.165, 1.54) is 26.2 Å². The summed E-state index contributed by atoms with van der Waals surface area (Å²) in [7, 11) is 1.28. The van der Waals surface area contributed by atoms with E-state index in [4.69, 9.17) is 31.0 Å². The smallest absolute Gasteiger partial charge is 0.416 e. The maximum Gasteiger partial charge on any atom is 0.416 e. The third-order valence-corrected chi connectivity index (χ3v) is 4.21. The van der Waals surface area contributed by atoms with Gasteiger partial charge in [0.1, 0.15) is 17.2 Å². The monoisotopic (exact) mass is 476 g/mol. The van der Waals surface area contributed by atoms with Crippen molar-refractivity contribution in [3.63, 3.8) is 0 Å². The fourth-order valence-corrected chi connectivity index (χ4v) is 2.55. The Morgan fingerprint density at radius 2 is 1.97 bits per heavy atom. The van der Waals surface area contributed by atoms with Crippen LogP contribution in [0.4, 0.5) is 18.9 Å². The summed E-state index contributed by atoms with van der Waals surface area (Å²) in [5.74, 6) is -1.45. The molecule has 1 unspecified atom stereocenters. The number of alkyl halides is 3. The molecule has 172 valence electrons. The first-order chi connectivity index (χ1) is 14.9. The molecule has 0 aromatic heterocycles. The van der Waals surface area contributed by atoms with Gasteiger partial charge < -0.3 is 19.4 Å². The van der Waals surface area contributed by atoms with Crippen LogP contribution in [0.1, 0.15) is 18.1 Å². The maximum absolute atomic E-state index is 12.8. The molecule has 0 aliphatic rings. The van der Waals surface area contributed by atoms with E-state index < -0.39 is 34.4 Å². The molecule has 1 N–H and O–H groups in total. The number of hydrogen-bond acceptors (Lipinski definition) is 7. The molecule has 0 aliphatic carbocycles. The van der Waals surface area contributed by atoms with Crippen molar-refractivity contribution in [3.05, 3.63) is 62.7 Å². The summed E-state index contributed by atoms with van der Waals surface area (Å²) in [6.07, 6.45) is -5.94. The van der Waals surface area contributed by atoms with Gasteiger partial charge in [-0.15, -0.1) is 0 Å². The van der Waals surface area contributed by atoms with Crippen molar-refractivity contribution in [2.75, 3.05) is 13.7 Å². The molecule has 0 spiro atoms. The van der Waals surface area contributed by atoms with Crippen LogP contribution in [-0.4, -0.2) is 41.5 Å². The number of nitrogens with zero attached hydrogens (tertiary/aromatic N) is 2. The third kappa shape index (κ3) is 6.31. The summed E-state index contributed by atoms with van der Waals surface area (Å²) in [5, 5.41) is 23.7. The molecule has 2 aromatic carbocycles. The molecule has 2 aromatic rings. The number of nitro groups is 1. The van der Waals surface area contributed by atoms with Crippen LogP contribution in [0.15, 0.2) is 41.6 Å². The molecule has 0 fully saturated rings. The number of nitro benzene ring substituents is 1. The quantitative estimate of drug-likeness (QED) is 0.310. The zero-order valence-corrected chi connectivity index (χ0v) is 17.3. The molecule has 0 saturated carbocycles. The van der Waals surface area contributed by atoms with Crippen LogP contribution >= 0.6 is 11.6 Å². The Labute approximate surface area is 184 Å². The average Bonchev–Trinajstić information content (AvgIpc) is 2.71. The van der Waals surface area contributed by atoms with E-state index >= 15 is 0 Å². The fraction of sp³-hybridized carbons (Fsp3) is 0.263. The molecule has 1 atom stereocenters. The SMILES string of the molecule is COC/C(=N/OC(C)C(=O)O)c1cc(Oc2ccc(C(F)(F)F)cc2Cl)ccc1[N+](=O)[O-]. The lowest BCUT2D eigenvalue weighted by Gasteiger charge is -2.13. The maximum atomic E-state index is 12.8. The van der Waals surface area contributed by atoms with Crippen LogP contribution in [0.25, 0.3) is 0 Å². The minimum absolute atomic E-state index is 0.0117. The van der Waals surface area contributed by atoms with Crippen molar-refractivity contribution in [1.29, 1.82) is 0 Å². The molecule has 0 aliphatic heterocycles. The van der Waals surface area contributed by atoms with Crippen LogP contribution in [0.2, 0.25) is 5.02 Å². The van der Waals surface area contributed by atoms with Gasteiger partial charge in [-0.3, -0.25) is 10.1 Å². The van der Waals surface area contributed by atoms with Crippen molar-refractivity contribution in [3.8, 4) is 11.5 Å². The highest BCUT2D eigenvalue weighted by molar-refractivity contribution is 6.32. The highest BCUT2D eigenvalue weighted by Gasteiger charge is 2.31. The van der Waals surface area contributed by atoms with E-state index in [1.807, 2.05) is 0 Å². The first kappa shape index (κ1) is 24.9. The van der Waals surface area contributed by atoms with E-state index in [1.54, 1.807) is 0 Å². The number of rotatable bonds is 9. The zero-order chi connectivity index (χ0) is 24.1. The van der Waals surface area contributed by atoms with Crippen molar-refractivity contribution in [2.45, 2.75) is 19.2 Å². The lowest BCUT2D eigenvalue weighted by Crippen LogP contribution is -2.20. The van der Waals surface area contributed by atoms with Gasteiger partial charge in [-0.1, -0.05) is 16.8 Å². The van der Waals surface area contributed by atoms with E-state index in [9.17, 15) is 28.1 Å². The van der Waals surface area contributed by atoms with Gasteiger partial charge in [-0.25, -0.2) is 4.79 Å². The molecule has 0 radical (unpaired) electrons. The molecule has 32 heavy (non-hydrogen) atoms. The summed E-state index contributed by atoms with van der Waals surface area (Å²) in [4.78, 5) is 26.5. The van der Waals surface area contributed by atoms with Crippen molar-refractivity contribution >= 4 is 29.0 Å². The van der Waals surface area contributed by atoms with Gasteiger partial charge in [-0.2, -0.15) is 13.2 Å². The molecule has 0 bridgehead atoms. The summed E-state index contributed by atoms with van der Waals surface area (Å²) in [6, 6.07) is 5.93. The van der Waals surface area contributed by atoms with Crippen molar-refractivity contribution in [2.24, 2.45) is 5.16 Å².